The summed E-state index contributed by atoms with van der Waals surface area (Å²) in [5.74, 6) is 2.05. The van der Waals surface area contributed by atoms with E-state index in [4.69, 9.17) is 24.5 Å². The molecule has 2 fully saturated rings. The van der Waals surface area contributed by atoms with Crippen molar-refractivity contribution in [3.8, 4) is 29.1 Å². The molecule has 1 N–H and O–H groups in total. The Balaban J connectivity index is 0.997. The Labute approximate surface area is 265 Å². The summed E-state index contributed by atoms with van der Waals surface area (Å²) >= 11 is 0. The third-order valence-electron chi connectivity index (χ3n) is 9.33. The normalized spacial score (nSPS) is 21.4. The third-order valence-corrected chi connectivity index (χ3v) is 9.33. The molecule has 2 aromatic carbocycles. The van der Waals surface area contributed by atoms with Gasteiger partial charge in [-0.05, 0) is 75.5 Å². The number of nitrogens with zero attached hydrogens (tertiary/aromatic N) is 7. The number of rotatable bonds is 7. The molecule has 11 nitrogen and oxygen atoms in total. The van der Waals surface area contributed by atoms with E-state index in [-0.39, 0.29) is 23.1 Å². The van der Waals surface area contributed by atoms with E-state index in [9.17, 15) is 4.39 Å². The number of imidazole rings is 1. The molecule has 0 spiro atoms. The smallest absolute Gasteiger partial charge is 0.278 e. The molecule has 0 aliphatic carbocycles. The summed E-state index contributed by atoms with van der Waals surface area (Å²) in [6.07, 6.45) is 4.97. The van der Waals surface area contributed by atoms with Gasteiger partial charge in [-0.15, -0.1) is 10.2 Å². The Hall–Kier alpha value is -4.86. The number of halogens is 1. The van der Waals surface area contributed by atoms with Gasteiger partial charge >= 0.3 is 0 Å². The van der Waals surface area contributed by atoms with Crippen LogP contribution in [0, 0.1) is 24.1 Å². The summed E-state index contributed by atoms with van der Waals surface area (Å²) in [6, 6.07) is 14.2. The Kier molecular flexibility index (Phi) is 6.96. The highest BCUT2D eigenvalue weighted by Gasteiger charge is 2.43. The summed E-state index contributed by atoms with van der Waals surface area (Å²) in [5, 5.41) is 17.4. The number of nitriles is 1. The van der Waals surface area contributed by atoms with E-state index in [2.05, 4.69) is 35.7 Å². The van der Waals surface area contributed by atoms with Gasteiger partial charge in [-0.25, -0.2) is 9.37 Å². The zero-order valence-corrected chi connectivity index (χ0v) is 25.7. The Bertz CT molecular complexity index is 1990. The van der Waals surface area contributed by atoms with Crippen molar-refractivity contribution in [2.45, 2.75) is 64.0 Å². The fourth-order valence-corrected chi connectivity index (χ4v) is 6.76. The topological polar surface area (TPSA) is 127 Å². The lowest BCUT2D eigenvalue weighted by molar-refractivity contribution is -0.0712. The lowest BCUT2D eigenvalue weighted by atomic mass is 9.88. The van der Waals surface area contributed by atoms with Gasteiger partial charge < -0.3 is 23.8 Å². The first kappa shape index (κ1) is 28.6. The van der Waals surface area contributed by atoms with Crippen LogP contribution in [0.3, 0.4) is 0 Å². The van der Waals surface area contributed by atoms with E-state index in [1.54, 1.807) is 19.1 Å². The second-order valence-electron chi connectivity index (χ2n) is 12.4. The molecule has 5 aromatic rings. The minimum absolute atomic E-state index is 0.185. The van der Waals surface area contributed by atoms with Crippen LogP contribution in [0.1, 0.15) is 60.4 Å². The minimum atomic E-state index is -1.32. The first-order chi connectivity index (χ1) is 22.4. The number of hydrogen-bond acceptors (Lipinski definition) is 9. The maximum Gasteiger partial charge on any atom is 0.278 e. The number of aromatic nitrogens is 6. The number of piperidine rings is 1. The fourth-order valence-electron chi connectivity index (χ4n) is 6.76. The first-order valence-corrected chi connectivity index (χ1v) is 15.7. The van der Waals surface area contributed by atoms with Crippen molar-refractivity contribution < 1.29 is 18.6 Å². The number of hydrogen-bond donors (Lipinski definition) is 1. The number of ether oxygens (including phenoxy) is 3. The van der Waals surface area contributed by atoms with Crippen LogP contribution in [0.25, 0.3) is 22.6 Å². The van der Waals surface area contributed by atoms with E-state index in [0.29, 0.717) is 29.6 Å². The molecule has 0 bridgehead atoms. The van der Waals surface area contributed by atoms with Gasteiger partial charge in [0, 0.05) is 19.1 Å². The van der Waals surface area contributed by atoms with Crippen molar-refractivity contribution >= 4 is 11.0 Å². The Morgan fingerprint density at radius 2 is 1.96 bits per heavy atom. The molecule has 12 heteroatoms. The molecule has 2 saturated heterocycles. The standard InChI is InChI=1S/C34H33FN8O3/c1-20-38-33(41-40-20)28-15-27-29(17-37-28)43(18-23-10-13-44-23)31(39-27)19-42-11-8-22(9-12-42)24-4-3-5-30-32(24)46-34(2,45-30)25-7-6-21(16-36)14-26(25)35/h3-7,14-15,17,22-23H,8-13,18-19H2,1-2H3,(H,38,40,41)/t23-,34-/m0/s1. The third kappa shape index (κ3) is 5.05. The molecular weight excluding hydrogens is 587 g/mol. The van der Waals surface area contributed by atoms with E-state index >= 15 is 0 Å². The number of aromatic amines is 1. The van der Waals surface area contributed by atoms with Gasteiger partial charge in [-0.3, -0.25) is 9.88 Å². The number of benzene rings is 2. The number of pyridine rings is 1. The molecule has 234 valence electrons. The minimum Gasteiger partial charge on any atom is -0.444 e. The average Bonchev–Trinajstić information content (AvgIpc) is 3.73. The average molecular weight is 621 g/mol. The summed E-state index contributed by atoms with van der Waals surface area (Å²) in [5.41, 5.74) is 4.16. The number of para-hydroxylation sites is 1. The molecule has 6 heterocycles. The van der Waals surface area contributed by atoms with Gasteiger partial charge in [0.05, 0.1) is 53.6 Å². The number of likely N-dealkylation sites (tertiary alicyclic amines) is 1. The first-order valence-electron chi connectivity index (χ1n) is 15.7. The Morgan fingerprint density at radius 3 is 2.67 bits per heavy atom. The predicted octanol–water partition coefficient (Wildman–Crippen LogP) is 5.35. The second kappa shape index (κ2) is 11.2. The molecule has 0 unspecified atom stereocenters. The van der Waals surface area contributed by atoms with Gasteiger partial charge in [0.15, 0.2) is 17.3 Å². The van der Waals surface area contributed by atoms with E-state index in [1.165, 1.54) is 6.07 Å². The lowest BCUT2D eigenvalue weighted by Gasteiger charge is -2.33. The largest absolute Gasteiger partial charge is 0.444 e. The van der Waals surface area contributed by atoms with Crippen molar-refractivity contribution in [2.24, 2.45) is 0 Å². The highest BCUT2D eigenvalue weighted by molar-refractivity contribution is 5.78. The molecule has 3 aliphatic heterocycles. The maximum absolute atomic E-state index is 15.0. The van der Waals surface area contributed by atoms with Gasteiger partial charge in [0.25, 0.3) is 5.79 Å². The molecular formula is C34H33FN8O3. The van der Waals surface area contributed by atoms with Crippen LogP contribution >= 0.6 is 0 Å². The molecule has 0 amide bonds. The fraction of sp³-hybridized carbons (Fsp3) is 0.382. The number of H-pyrrole nitrogens is 1. The summed E-state index contributed by atoms with van der Waals surface area (Å²) in [6.45, 7) is 7.62. The van der Waals surface area contributed by atoms with Gasteiger partial charge in [-0.1, -0.05) is 12.1 Å². The molecule has 0 radical (unpaired) electrons. The van der Waals surface area contributed by atoms with Crippen LogP contribution in [0.15, 0.2) is 48.7 Å². The molecule has 3 aromatic heterocycles. The van der Waals surface area contributed by atoms with E-state index in [0.717, 1.165) is 73.7 Å². The Morgan fingerprint density at radius 1 is 1.11 bits per heavy atom. The van der Waals surface area contributed by atoms with Crippen molar-refractivity contribution in [3.63, 3.8) is 0 Å². The summed E-state index contributed by atoms with van der Waals surface area (Å²) in [4.78, 5) is 15.3. The van der Waals surface area contributed by atoms with Crippen LogP contribution in [-0.4, -0.2) is 60.4 Å². The molecule has 2 atom stereocenters. The molecule has 46 heavy (non-hydrogen) atoms. The quantitative estimate of drug-likeness (QED) is 0.256. The van der Waals surface area contributed by atoms with Crippen molar-refractivity contribution in [1.29, 1.82) is 5.26 Å². The van der Waals surface area contributed by atoms with Gasteiger partial charge in [0.1, 0.15) is 23.2 Å². The van der Waals surface area contributed by atoms with Crippen LogP contribution in [-0.2, 0) is 23.6 Å². The van der Waals surface area contributed by atoms with Crippen molar-refractivity contribution in [3.05, 3.63) is 82.8 Å². The van der Waals surface area contributed by atoms with Crippen LogP contribution < -0.4 is 9.47 Å². The summed E-state index contributed by atoms with van der Waals surface area (Å²) in [7, 11) is 0. The van der Waals surface area contributed by atoms with E-state index in [1.807, 2.05) is 37.4 Å². The van der Waals surface area contributed by atoms with Crippen molar-refractivity contribution in [2.75, 3.05) is 19.7 Å². The highest BCUT2D eigenvalue weighted by atomic mass is 19.1. The predicted molar refractivity (Wildman–Crippen MR) is 165 cm³/mol. The van der Waals surface area contributed by atoms with Crippen molar-refractivity contribution in [1.82, 2.24) is 34.6 Å². The number of nitrogens with one attached hydrogen (secondary N) is 1. The number of aryl methyl sites for hydroxylation is 1. The highest BCUT2D eigenvalue weighted by Crippen LogP contribution is 2.49. The van der Waals surface area contributed by atoms with Crippen LogP contribution in [0.2, 0.25) is 0 Å². The van der Waals surface area contributed by atoms with Crippen LogP contribution in [0.5, 0.6) is 11.5 Å². The SMILES string of the molecule is Cc1nnc(-c2cc3nc(CN4CCC(c5cccc6c5O[C@@](C)(c5ccc(C#N)cc5F)O6)CC4)n(C[C@@H]4CCO4)c3cn2)[nH]1. The summed E-state index contributed by atoms with van der Waals surface area (Å²) < 4.78 is 35.6. The number of fused-ring (bicyclic) bond motifs is 2. The molecule has 3 aliphatic rings. The zero-order chi connectivity index (χ0) is 31.4. The van der Waals surface area contributed by atoms with Crippen LogP contribution in [0.4, 0.5) is 4.39 Å². The monoisotopic (exact) mass is 620 g/mol. The molecule has 8 rings (SSSR count). The van der Waals surface area contributed by atoms with Gasteiger partial charge in [-0.2, -0.15) is 5.26 Å². The zero-order valence-electron chi connectivity index (χ0n) is 25.7. The molecule has 0 saturated carbocycles. The van der Waals surface area contributed by atoms with E-state index < -0.39 is 11.6 Å². The maximum atomic E-state index is 15.0. The lowest BCUT2D eigenvalue weighted by Crippen LogP contribution is -2.35. The second-order valence-corrected chi connectivity index (χ2v) is 12.4. The van der Waals surface area contributed by atoms with Gasteiger partial charge in [0.2, 0.25) is 0 Å².